The molecule has 0 unspecified atom stereocenters. The van der Waals surface area contributed by atoms with Crippen LogP contribution in [0.3, 0.4) is 0 Å². The number of nitrogens with zero attached hydrogens (tertiary/aromatic N) is 4. The monoisotopic (exact) mass is 618 g/mol. The Labute approximate surface area is 281 Å². The molecule has 0 amide bonds. The Hall–Kier alpha value is -5.40. The van der Waals surface area contributed by atoms with Crippen molar-refractivity contribution in [3.8, 4) is 62.5 Å². The van der Waals surface area contributed by atoms with Gasteiger partial charge in [0.2, 0.25) is 0 Å². The van der Waals surface area contributed by atoms with Crippen molar-refractivity contribution >= 4 is 0 Å². The van der Waals surface area contributed by atoms with Crippen LogP contribution in [0.25, 0.3) is 56.4 Å². The molecule has 6 aromatic rings. The van der Waals surface area contributed by atoms with Crippen LogP contribution in [0.1, 0.15) is 48.8 Å². The van der Waals surface area contributed by atoms with E-state index in [0.29, 0.717) is 29.0 Å². The van der Waals surface area contributed by atoms with Gasteiger partial charge in [-0.05, 0) is 113 Å². The number of aromatic nitrogens is 3. The van der Waals surface area contributed by atoms with Crippen molar-refractivity contribution in [3.63, 3.8) is 0 Å². The van der Waals surface area contributed by atoms with Crippen molar-refractivity contribution in [2.75, 3.05) is 0 Å². The summed E-state index contributed by atoms with van der Waals surface area (Å²) >= 11 is 0. The molecule has 230 valence electrons. The van der Waals surface area contributed by atoms with E-state index in [1.807, 2.05) is 54.6 Å². The van der Waals surface area contributed by atoms with Crippen LogP contribution in [-0.4, -0.2) is 15.0 Å². The lowest BCUT2D eigenvalue weighted by molar-refractivity contribution is -0.0399. The standard InChI is InChI=1S/C44H34N4/c45-26-27-8-7-13-32(19-27)33-14-16-37-38-17-15-34(25-40(38)44(39(37)24-33)35-20-28-18-29(22-35)23-36(44)21-28)43-47-41(30-9-3-1-4-10-30)46-42(48-43)31-11-5-2-6-12-31/h1-17,19,24-25,28-29,35-36H,18,20-23H2. The Morgan fingerprint density at radius 3 is 1.52 bits per heavy atom. The highest BCUT2D eigenvalue weighted by molar-refractivity contribution is 5.86. The molecule has 1 heterocycles. The molecule has 4 nitrogen and oxygen atoms in total. The molecule has 1 spiro atoms. The summed E-state index contributed by atoms with van der Waals surface area (Å²) in [5, 5.41) is 9.64. The first-order valence-corrected chi connectivity index (χ1v) is 17.3. The van der Waals surface area contributed by atoms with Gasteiger partial charge in [-0.25, -0.2) is 15.0 Å². The molecule has 5 aliphatic rings. The van der Waals surface area contributed by atoms with Gasteiger partial charge in [0.25, 0.3) is 0 Å². The van der Waals surface area contributed by atoms with Crippen LogP contribution in [0.4, 0.5) is 0 Å². The number of fused-ring (bicyclic) bond motifs is 3. The highest BCUT2D eigenvalue weighted by atomic mass is 15.0. The summed E-state index contributed by atoms with van der Waals surface area (Å²) in [6.07, 6.45) is 6.66. The second-order valence-electron chi connectivity index (χ2n) is 14.4. The molecule has 4 saturated carbocycles. The second kappa shape index (κ2) is 10.6. The van der Waals surface area contributed by atoms with E-state index in [9.17, 15) is 5.26 Å². The summed E-state index contributed by atoms with van der Waals surface area (Å²) in [5.74, 6) is 5.07. The maximum absolute atomic E-state index is 9.64. The van der Waals surface area contributed by atoms with Crippen molar-refractivity contribution in [2.24, 2.45) is 23.7 Å². The molecule has 0 atom stereocenters. The zero-order valence-corrected chi connectivity index (χ0v) is 26.7. The highest BCUT2D eigenvalue weighted by Gasteiger charge is 2.61. The van der Waals surface area contributed by atoms with E-state index in [1.165, 1.54) is 59.9 Å². The van der Waals surface area contributed by atoms with Crippen LogP contribution in [0.2, 0.25) is 0 Å². The fourth-order valence-electron chi connectivity index (χ4n) is 10.2. The molecular weight excluding hydrogens is 585 g/mol. The van der Waals surface area contributed by atoms with Crippen LogP contribution in [0, 0.1) is 35.0 Å². The lowest BCUT2D eigenvalue weighted by Gasteiger charge is -2.61. The van der Waals surface area contributed by atoms with E-state index in [4.69, 9.17) is 15.0 Å². The average Bonchev–Trinajstić information content (AvgIpc) is 3.43. The number of rotatable bonds is 4. The van der Waals surface area contributed by atoms with E-state index in [0.717, 1.165) is 39.9 Å². The van der Waals surface area contributed by atoms with Gasteiger partial charge in [-0.3, -0.25) is 0 Å². The Kier molecular flexibility index (Phi) is 6.09. The van der Waals surface area contributed by atoms with Crippen molar-refractivity contribution < 1.29 is 0 Å². The summed E-state index contributed by atoms with van der Waals surface area (Å²) in [6.45, 7) is 0. The van der Waals surface area contributed by atoms with Crippen LogP contribution in [0.15, 0.2) is 121 Å². The predicted octanol–water partition coefficient (Wildman–Crippen LogP) is 10.1. The van der Waals surface area contributed by atoms with Crippen LogP contribution in [0.5, 0.6) is 0 Å². The molecule has 4 bridgehead atoms. The smallest absolute Gasteiger partial charge is 0.164 e. The summed E-state index contributed by atoms with van der Waals surface area (Å²) < 4.78 is 0. The third-order valence-corrected chi connectivity index (χ3v) is 11.9. The molecule has 4 fully saturated rings. The normalized spacial score (nSPS) is 24.3. The summed E-state index contributed by atoms with van der Waals surface area (Å²) in [5.41, 5.74) is 11.7. The highest BCUT2D eigenvalue weighted by Crippen LogP contribution is 2.69. The molecule has 0 saturated heterocycles. The van der Waals surface area contributed by atoms with Gasteiger partial charge >= 0.3 is 0 Å². The number of hydrogen-bond donors (Lipinski definition) is 0. The third kappa shape index (κ3) is 4.10. The quantitative estimate of drug-likeness (QED) is 0.197. The molecule has 1 aromatic heterocycles. The number of benzene rings is 5. The van der Waals surface area contributed by atoms with Gasteiger partial charge in [-0.1, -0.05) is 97.1 Å². The predicted molar refractivity (Wildman–Crippen MR) is 190 cm³/mol. The topological polar surface area (TPSA) is 62.5 Å². The maximum atomic E-state index is 9.64. The molecule has 5 aromatic carbocycles. The minimum Gasteiger partial charge on any atom is -0.208 e. The fraction of sp³-hybridized carbons (Fsp3) is 0.227. The average molecular weight is 619 g/mol. The minimum atomic E-state index is -0.0193. The first-order valence-electron chi connectivity index (χ1n) is 17.3. The molecule has 5 aliphatic carbocycles. The second-order valence-corrected chi connectivity index (χ2v) is 14.4. The zero-order chi connectivity index (χ0) is 31.8. The molecule has 4 heteroatoms. The molecule has 0 N–H and O–H groups in total. The van der Waals surface area contributed by atoms with Gasteiger partial charge in [0.15, 0.2) is 17.5 Å². The molecular formula is C44H34N4. The minimum absolute atomic E-state index is 0.0193. The van der Waals surface area contributed by atoms with E-state index in [-0.39, 0.29) is 5.41 Å². The van der Waals surface area contributed by atoms with Gasteiger partial charge in [-0.15, -0.1) is 0 Å². The van der Waals surface area contributed by atoms with Crippen LogP contribution in [-0.2, 0) is 5.41 Å². The van der Waals surface area contributed by atoms with E-state index in [2.05, 4.69) is 72.8 Å². The lowest BCUT2D eigenvalue weighted by atomic mass is 9.43. The van der Waals surface area contributed by atoms with E-state index >= 15 is 0 Å². The largest absolute Gasteiger partial charge is 0.208 e. The van der Waals surface area contributed by atoms with Crippen LogP contribution >= 0.6 is 0 Å². The SMILES string of the molecule is N#Cc1cccc(-c2ccc3c(c2)C2(c4cc(-c5nc(-c6ccccc6)nc(-c6ccccc6)n5)ccc4-3)C3CC4CC(C3)CC2C4)c1. The van der Waals surface area contributed by atoms with Crippen molar-refractivity contribution in [1.82, 2.24) is 15.0 Å². The first kappa shape index (κ1) is 27.7. The lowest BCUT2D eigenvalue weighted by Crippen LogP contribution is -2.55. The first-order chi connectivity index (χ1) is 23.7. The number of hydrogen-bond acceptors (Lipinski definition) is 4. The molecule has 11 rings (SSSR count). The van der Waals surface area contributed by atoms with Gasteiger partial charge in [0, 0.05) is 22.1 Å². The Morgan fingerprint density at radius 2 is 0.958 bits per heavy atom. The van der Waals surface area contributed by atoms with Gasteiger partial charge in [0.05, 0.1) is 11.6 Å². The van der Waals surface area contributed by atoms with Crippen molar-refractivity contribution in [2.45, 2.75) is 37.5 Å². The van der Waals surface area contributed by atoms with Gasteiger partial charge < -0.3 is 0 Å². The fourth-order valence-corrected chi connectivity index (χ4v) is 10.2. The summed E-state index contributed by atoms with van der Waals surface area (Å²) in [4.78, 5) is 15.2. The van der Waals surface area contributed by atoms with Crippen LogP contribution < -0.4 is 0 Å². The molecule has 0 radical (unpaired) electrons. The number of nitriles is 1. The van der Waals surface area contributed by atoms with E-state index < -0.39 is 0 Å². The Morgan fingerprint density at radius 1 is 0.479 bits per heavy atom. The maximum Gasteiger partial charge on any atom is 0.164 e. The van der Waals surface area contributed by atoms with Gasteiger partial charge in [-0.2, -0.15) is 5.26 Å². The van der Waals surface area contributed by atoms with Crippen molar-refractivity contribution in [3.05, 3.63) is 138 Å². The third-order valence-electron chi connectivity index (χ3n) is 11.9. The Balaban J connectivity index is 1.17. The zero-order valence-electron chi connectivity index (χ0n) is 26.7. The summed E-state index contributed by atoms with van der Waals surface area (Å²) in [7, 11) is 0. The summed E-state index contributed by atoms with van der Waals surface area (Å²) in [6, 6.07) is 45.0. The molecule has 0 aliphatic heterocycles. The van der Waals surface area contributed by atoms with Crippen molar-refractivity contribution in [1.29, 1.82) is 5.26 Å². The van der Waals surface area contributed by atoms with Gasteiger partial charge in [0.1, 0.15) is 0 Å². The molecule has 48 heavy (non-hydrogen) atoms. The van der Waals surface area contributed by atoms with E-state index in [1.54, 1.807) is 0 Å². The Bertz CT molecular complexity index is 2180.